The van der Waals surface area contributed by atoms with E-state index in [0.717, 1.165) is 12.0 Å². The van der Waals surface area contributed by atoms with Crippen LogP contribution < -0.4 is 16.0 Å². The molecule has 8 nitrogen and oxygen atoms in total. The van der Waals surface area contributed by atoms with Gasteiger partial charge in [0, 0.05) is 50.2 Å². The third-order valence-electron chi connectivity index (χ3n) is 7.87. The zero-order chi connectivity index (χ0) is 25.4. The van der Waals surface area contributed by atoms with Gasteiger partial charge in [-0.2, -0.15) is 5.26 Å². The molecular formula is C27H31FN6O2. The Balaban J connectivity index is 1.44. The fourth-order valence-electron chi connectivity index (χ4n) is 5.76. The number of carbonyl (C=O) groups is 2. The normalized spacial score (nSPS) is 25.9. The average Bonchev–Trinajstić information content (AvgIpc) is 3.10. The van der Waals surface area contributed by atoms with Crippen molar-refractivity contribution in [3.05, 3.63) is 59.4 Å². The number of hydrogen-bond acceptors (Lipinski definition) is 6. The van der Waals surface area contributed by atoms with Crippen molar-refractivity contribution in [1.82, 2.24) is 15.1 Å². The Bertz CT molecular complexity index is 1210. The highest BCUT2D eigenvalue weighted by Crippen LogP contribution is 2.46. The number of carbonyl (C=O) groups excluding carboxylic acids is 2. The second-order valence-corrected chi connectivity index (χ2v) is 10.0. The molecule has 36 heavy (non-hydrogen) atoms. The Morgan fingerprint density at radius 1 is 1.25 bits per heavy atom. The fourth-order valence-corrected chi connectivity index (χ4v) is 5.76. The average molecular weight is 491 g/mol. The maximum Gasteiger partial charge on any atom is 0.249 e. The number of nitrogens with one attached hydrogen (secondary N) is 3. The van der Waals surface area contributed by atoms with Crippen LogP contribution in [0.4, 0.5) is 15.8 Å². The molecule has 3 atom stereocenters. The Kier molecular flexibility index (Phi) is 6.31. The van der Waals surface area contributed by atoms with Crippen LogP contribution in [0.3, 0.4) is 0 Å². The quantitative estimate of drug-likeness (QED) is 0.539. The van der Waals surface area contributed by atoms with Crippen LogP contribution in [0, 0.1) is 23.2 Å². The van der Waals surface area contributed by atoms with E-state index in [2.05, 4.69) is 39.2 Å². The Morgan fingerprint density at radius 3 is 2.69 bits per heavy atom. The Hall–Kier alpha value is -3.64. The van der Waals surface area contributed by atoms with Crippen molar-refractivity contribution in [2.24, 2.45) is 5.92 Å². The summed E-state index contributed by atoms with van der Waals surface area (Å²) >= 11 is 0. The van der Waals surface area contributed by atoms with Gasteiger partial charge in [-0.05, 0) is 38.0 Å². The van der Waals surface area contributed by atoms with Gasteiger partial charge in [-0.3, -0.25) is 14.5 Å². The van der Waals surface area contributed by atoms with Gasteiger partial charge in [-0.25, -0.2) is 4.39 Å². The van der Waals surface area contributed by atoms with Crippen LogP contribution in [0.25, 0.3) is 0 Å². The highest BCUT2D eigenvalue weighted by atomic mass is 19.1. The van der Waals surface area contributed by atoms with Crippen molar-refractivity contribution in [3.63, 3.8) is 0 Å². The summed E-state index contributed by atoms with van der Waals surface area (Å²) in [6.07, 6.45) is 2.80. The molecule has 5 rings (SSSR count). The number of rotatable bonds is 6. The predicted molar refractivity (Wildman–Crippen MR) is 135 cm³/mol. The van der Waals surface area contributed by atoms with Gasteiger partial charge in [0.05, 0.1) is 17.3 Å². The van der Waals surface area contributed by atoms with Gasteiger partial charge < -0.3 is 20.9 Å². The fraction of sp³-hybridized carbons (Fsp3) is 0.444. The van der Waals surface area contributed by atoms with E-state index in [9.17, 15) is 14.0 Å². The van der Waals surface area contributed by atoms with Gasteiger partial charge in [0.25, 0.3) is 0 Å². The zero-order valence-corrected chi connectivity index (χ0v) is 20.6. The van der Waals surface area contributed by atoms with Crippen molar-refractivity contribution in [2.45, 2.75) is 37.8 Å². The van der Waals surface area contributed by atoms with Gasteiger partial charge in [0.1, 0.15) is 11.4 Å². The number of benzene rings is 2. The summed E-state index contributed by atoms with van der Waals surface area (Å²) in [4.78, 5) is 30.1. The smallest absolute Gasteiger partial charge is 0.249 e. The number of nitriles is 1. The maximum absolute atomic E-state index is 14.6. The van der Waals surface area contributed by atoms with Crippen LogP contribution in [-0.4, -0.2) is 60.4 Å². The highest BCUT2D eigenvalue weighted by molar-refractivity contribution is 6.08. The second-order valence-electron chi connectivity index (χ2n) is 10.0. The lowest BCUT2D eigenvalue weighted by Gasteiger charge is -2.46. The minimum atomic E-state index is -1.07. The van der Waals surface area contributed by atoms with Gasteiger partial charge >= 0.3 is 0 Å². The van der Waals surface area contributed by atoms with Crippen molar-refractivity contribution >= 4 is 23.2 Å². The summed E-state index contributed by atoms with van der Waals surface area (Å²) in [5.41, 5.74) is 1.86. The van der Waals surface area contributed by atoms with E-state index in [-0.39, 0.29) is 29.7 Å². The molecule has 0 aliphatic carbocycles. The molecule has 188 valence electrons. The van der Waals surface area contributed by atoms with Crippen molar-refractivity contribution in [1.29, 1.82) is 5.26 Å². The van der Waals surface area contributed by atoms with Gasteiger partial charge in [-0.15, -0.1) is 0 Å². The standard InChI is InChI=1S/C27H31FN6O2/c1-3-30-22-12-19(28)11-21-24(22)32-26(36)27(21,2)34-10-9-20(17-7-5-4-6-8-17)23(15-34)31-25(35)18-13-33(14-18)16-29/h4-8,11-12,18,20,23,30H,3,9-10,13-15H2,1-2H3,(H,31,35)(H,32,36)/t20-,23+,27?/m1/s1. The largest absolute Gasteiger partial charge is 0.384 e. The van der Waals surface area contributed by atoms with E-state index in [0.29, 0.717) is 49.7 Å². The molecule has 2 aromatic carbocycles. The number of anilines is 2. The number of nitrogens with zero attached hydrogens (tertiary/aromatic N) is 3. The molecule has 0 spiro atoms. The molecule has 2 aromatic rings. The topological polar surface area (TPSA) is 100 Å². The molecule has 3 aliphatic rings. The van der Waals surface area contributed by atoms with Crippen LogP contribution in [-0.2, 0) is 15.1 Å². The molecular weight excluding hydrogens is 459 g/mol. The summed E-state index contributed by atoms with van der Waals surface area (Å²) in [7, 11) is 0. The summed E-state index contributed by atoms with van der Waals surface area (Å²) < 4.78 is 14.6. The maximum atomic E-state index is 14.6. The lowest BCUT2D eigenvalue weighted by molar-refractivity contribution is -0.131. The number of hydrogen-bond donors (Lipinski definition) is 3. The molecule has 9 heteroatoms. The minimum absolute atomic E-state index is 0.0730. The minimum Gasteiger partial charge on any atom is -0.384 e. The van der Waals surface area contributed by atoms with E-state index < -0.39 is 11.4 Å². The highest BCUT2D eigenvalue weighted by Gasteiger charge is 2.51. The van der Waals surface area contributed by atoms with E-state index >= 15 is 0 Å². The van der Waals surface area contributed by atoms with E-state index in [1.54, 1.807) is 4.90 Å². The molecule has 1 unspecified atom stereocenters. The monoisotopic (exact) mass is 490 g/mol. The van der Waals surface area contributed by atoms with Gasteiger partial charge in [0.15, 0.2) is 6.19 Å². The molecule has 0 saturated carbocycles. The lowest BCUT2D eigenvalue weighted by Crippen LogP contribution is -2.61. The van der Waals surface area contributed by atoms with Crippen molar-refractivity contribution < 1.29 is 14.0 Å². The van der Waals surface area contributed by atoms with Gasteiger partial charge in [-0.1, -0.05) is 30.3 Å². The Labute approximate surface area is 210 Å². The summed E-state index contributed by atoms with van der Waals surface area (Å²) in [5.74, 6) is -0.816. The van der Waals surface area contributed by atoms with E-state index in [1.165, 1.54) is 12.1 Å². The van der Waals surface area contributed by atoms with Crippen LogP contribution in [0.2, 0.25) is 0 Å². The summed E-state index contributed by atoms with van der Waals surface area (Å²) in [6.45, 7) is 6.27. The molecule has 3 aliphatic heterocycles. The van der Waals surface area contributed by atoms with Crippen LogP contribution in [0.1, 0.15) is 37.3 Å². The number of amides is 2. The SMILES string of the molecule is CCNc1cc(F)cc2c1NC(=O)C2(C)N1CC[C@H](c2ccccc2)[C@@H](NC(=O)C2CN(C#N)C2)C1. The zero-order valence-electron chi connectivity index (χ0n) is 20.6. The number of piperidine rings is 1. The molecule has 2 saturated heterocycles. The summed E-state index contributed by atoms with van der Waals surface area (Å²) in [5, 5.41) is 18.4. The third kappa shape index (κ3) is 4.05. The first kappa shape index (κ1) is 24.1. The molecule has 0 aromatic heterocycles. The second kappa shape index (κ2) is 9.43. The molecule has 2 amide bonds. The third-order valence-corrected chi connectivity index (χ3v) is 7.87. The van der Waals surface area contributed by atoms with Crippen LogP contribution in [0.5, 0.6) is 0 Å². The first-order chi connectivity index (χ1) is 17.3. The Morgan fingerprint density at radius 2 is 2.00 bits per heavy atom. The van der Waals surface area contributed by atoms with Gasteiger partial charge in [0.2, 0.25) is 11.8 Å². The number of halogens is 1. The first-order valence-electron chi connectivity index (χ1n) is 12.5. The molecule has 0 bridgehead atoms. The number of fused-ring (bicyclic) bond motifs is 1. The summed E-state index contributed by atoms with van der Waals surface area (Å²) in [6, 6.07) is 12.7. The van der Waals surface area contributed by atoms with Crippen molar-refractivity contribution in [3.8, 4) is 6.19 Å². The van der Waals surface area contributed by atoms with Crippen molar-refractivity contribution in [2.75, 3.05) is 43.4 Å². The molecule has 0 radical (unpaired) electrons. The first-order valence-corrected chi connectivity index (χ1v) is 12.5. The van der Waals surface area contributed by atoms with Crippen LogP contribution >= 0.6 is 0 Å². The van der Waals surface area contributed by atoms with E-state index in [4.69, 9.17) is 5.26 Å². The van der Waals surface area contributed by atoms with Crippen LogP contribution in [0.15, 0.2) is 42.5 Å². The number of likely N-dealkylation sites (tertiary alicyclic amines) is 2. The molecule has 3 N–H and O–H groups in total. The lowest BCUT2D eigenvalue weighted by atomic mass is 9.81. The predicted octanol–water partition coefficient (Wildman–Crippen LogP) is 2.81. The molecule has 3 heterocycles. The molecule has 2 fully saturated rings. The van der Waals surface area contributed by atoms with E-state index in [1.807, 2.05) is 32.0 Å².